The van der Waals surface area contributed by atoms with Crippen molar-refractivity contribution < 1.29 is 19.0 Å². The fourth-order valence-corrected chi connectivity index (χ4v) is 5.20. The molecule has 7 heteroatoms. The first kappa shape index (κ1) is 24.7. The van der Waals surface area contributed by atoms with Crippen molar-refractivity contribution in [3.63, 3.8) is 0 Å². The average Bonchev–Trinajstić information content (AvgIpc) is 2.86. The largest absolute Gasteiger partial charge is 0.473 e. The second kappa shape index (κ2) is 11.9. The number of carbonyl (C=O) groups excluding carboxylic acids is 1. The van der Waals surface area contributed by atoms with Crippen LogP contribution >= 0.6 is 11.6 Å². The first-order chi connectivity index (χ1) is 16.5. The van der Waals surface area contributed by atoms with Crippen LogP contribution in [-0.2, 0) is 11.3 Å². The molecule has 0 bridgehead atoms. The topological polar surface area (TPSA) is 53.0 Å². The van der Waals surface area contributed by atoms with E-state index >= 15 is 0 Å². The zero-order valence-corrected chi connectivity index (χ0v) is 20.1. The van der Waals surface area contributed by atoms with Crippen LogP contribution in [0.4, 0.5) is 4.39 Å². The second-order valence-corrected chi connectivity index (χ2v) is 9.73. The van der Waals surface area contributed by atoms with Crippen molar-refractivity contribution in [2.75, 3.05) is 19.8 Å². The van der Waals surface area contributed by atoms with Gasteiger partial charge in [-0.05, 0) is 67.1 Å². The Bertz CT molecular complexity index is 972. The van der Waals surface area contributed by atoms with Gasteiger partial charge in [0, 0.05) is 24.7 Å². The van der Waals surface area contributed by atoms with Crippen molar-refractivity contribution in [3.05, 3.63) is 70.6 Å². The predicted molar refractivity (Wildman–Crippen MR) is 131 cm³/mol. The zero-order chi connectivity index (χ0) is 23.9. The predicted octanol–water partition coefficient (Wildman–Crippen LogP) is 5.05. The van der Waals surface area contributed by atoms with Gasteiger partial charge in [-0.2, -0.15) is 0 Å². The number of hydrogen-bond donors (Lipinski definition) is 1. The number of aliphatic hydroxyl groups is 1. The summed E-state index contributed by atoms with van der Waals surface area (Å²) < 4.78 is 19.3. The minimum atomic E-state index is -0.485. The number of nitrogens with zero attached hydrogens (tertiary/aromatic N) is 2. The Balaban J connectivity index is 1.50. The Morgan fingerprint density at radius 2 is 1.76 bits per heavy atom. The summed E-state index contributed by atoms with van der Waals surface area (Å²) in [6.07, 6.45) is 5.53. The summed E-state index contributed by atoms with van der Waals surface area (Å²) in [5.74, 6) is 2.82. The van der Waals surface area contributed by atoms with Crippen LogP contribution in [0.5, 0.6) is 5.75 Å². The summed E-state index contributed by atoms with van der Waals surface area (Å²) in [5, 5.41) is 11.7. The normalized spacial score (nSPS) is 20.7. The quantitative estimate of drug-likeness (QED) is 0.529. The molecule has 1 aliphatic heterocycles. The molecule has 2 atom stereocenters. The summed E-state index contributed by atoms with van der Waals surface area (Å²) in [6.45, 7) is 2.07. The van der Waals surface area contributed by atoms with E-state index in [1.807, 2.05) is 4.90 Å². The summed E-state index contributed by atoms with van der Waals surface area (Å²) in [5.41, 5.74) is 1.46. The molecule has 182 valence electrons. The Morgan fingerprint density at radius 3 is 2.44 bits per heavy atom. The van der Waals surface area contributed by atoms with Crippen LogP contribution in [0.25, 0.3) is 0 Å². The summed E-state index contributed by atoms with van der Waals surface area (Å²) in [4.78, 5) is 16.3. The third kappa shape index (κ3) is 6.39. The summed E-state index contributed by atoms with van der Waals surface area (Å²) >= 11 is 5.96. The van der Waals surface area contributed by atoms with Gasteiger partial charge in [0.05, 0.1) is 12.1 Å². The molecule has 2 aromatic rings. The van der Waals surface area contributed by atoms with Crippen molar-refractivity contribution in [3.8, 4) is 5.75 Å². The highest BCUT2D eigenvalue weighted by Crippen LogP contribution is 2.32. The van der Waals surface area contributed by atoms with E-state index in [9.17, 15) is 14.3 Å². The van der Waals surface area contributed by atoms with E-state index in [1.54, 1.807) is 36.4 Å². The van der Waals surface area contributed by atoms with E-state index in [1.165, 1.54) is 18.6 Å². The maximum absolute atomic E-state index is 13.4. The van der Waals surface area contributed by atoms with Crippen molar-refractivity contribution in [2.45, 2.75) is 57.2 Å². The standard InChI is InChI=1S/C27H32ClFN2O3/c28-22-8-12-24(13-9-22)34-19-31-15-14-30(17-20-6-10-23(29)11-7-20)25(26(31)18-32)16-27(33)21-4-2-1-3-5-21/h6-13,21,25,27,33H,1-5,14-17,19H2. The first-order valence-corrected chi connectivity index (χ1v) is 12.5. The van der Waals surface area contributed by atoms with Gasteiger partial charge < -0.3 is 14.7 Å². The van der Waals surface area contributed by atoms with Crippen molar-refractivity contribution >= 4 is 17.5 Å². The van der Waals surface area contributed by atoms with Crippen molar-refractivity contribution in [2.24, 2.45) is 5.92 Å². The van der Waals surface area contributed by atoms with Crippen molar-refractivity contribution in [1.29, 1.82) is 0 Å². The lowest BCUT2D eigenvalue weighted by atomic mass is 9.82. The van der Waals surface area contributed by atoms with Gasteiger partial charge in [0.2, 0.25) is 0 Å². The number of halogens is 2. The van der Waals surface area contributed by atoms with Gasteiger partial charge in [0.25, 0.3) is 0 Å². The monoisotopic (exact) mass is 486 g/mol. The number of aliphatic hydroxyl groups excluding tert-OH is 1. The molecule has 1 saturated carbocycles. The molecule has 0 radical (unpaired) electrons. The maximum Gasteiger partial charge on any atom is 0.161 e. The number of piperazine rings is 1. The third-order valence-electron chi connectivity index (χ3n) is 7.02. The zero-order valence-electron chi connectivity index (χ0n) is 19.3. The summed E-state index contributed by atoms with van der Waals surface area (Å²) in [7, 11) is 0. The Hall–Kier alpha value is -2.37. The fourth-order valence-electron chi connectivity index (χ4n) is 5.07. The van der Waals surface area contributed by atoms with Gasteiger partial charge in [-0.3, -0.25) is 4.90 Å². The van der Waals surface area contributed by atoms with Gasteiger partial charge in [-0.1, -0.05) is 43.0 Å². The van der Waals surface area contributed by atoms with E-state index < -0.39 is 6.10 Å². The van der Waals surface area contributed by atoms with Crippen LogP contribution in [0.15, 0.2) is 54.2 Å². The van der Waals surface area contributed by atoms with E-state index in [0.717, 1.165) is 31.2 Å². The van der Waals surface area contributed by atoms with Crippen LogP contribution in [-0.4, -0.2) is 52.8 Å². The maximum atomic E-state index is 13.4. The molecule has 1 heterocycles. The highest BCUT2D eigenvalue weighted by Gasteiger charge is 2.36. The molecule has 34 heavy (non-hydrogen) atoms. The number of hydrogen-bond acceptors (Lipinski definition) is 5. The van der Waals surface area contributed by atoms with Crippen LogP contribution < -0.4 is 4.74 Å². The van der Waals surface area contributed by atoms with E-state index in [-0.39, 0.29) is 24.5 Å². The van der Waals surface area contributed by atoms with E-state index in [4.69, 9.17) is 16.3 Å². The molecule has 5 nitrogen and oxygen atoms in total. The SMILES string of the molecule is O=C=C1C(CC(O)C2CCCCC2)N(Cc2ccc(F)cc2)CCN1COc1ccc(Cl)cc1. The van der Waals surface area contributed by atoms with Gasteiger partial charge >= 0.3 is 0 Å². The van der Waals surface area contributed by atoms with Gasteiger partial charge in [0.15, 0.2) is 6.73 Å². The van der Waals surface area contributed by atoms with Crippen LogP contribution in [0.3, 0.4) is 0 Å². The molecule has 2 aliphatic rings. The minimum absolute atomic E-state index is 0.215. The Labute approximate surface area is 205 Å². The first-order valence-electron chi connectivity index (χ1n) is 12.1. The van der Waals surface area contributed by atoms with Crippen LogP contribution in [0.2, 0.25) is 5.02 Å². The van der Waals surface area contributed by atoms with Gasteiger partial charge in [-0.15, -0.1) is 0 Å². The van der Waals surface area contributed by atoms with Crippen LogP contribution in [0, 0.1) is 11.7 Å². The average molecular weight is 487 g/mol. The van der Waals surface area contributed by atoms with Gasteiger partial charge in [-0.25, -0.2) is 9.18 Å². The number of rotatable bonds is 8. The highest BCUT2D eigenvalue weighted by molar-refractivity contribution is 6.30. The molecule has 4 rings (SSSR count). The molecular formula is C27H32ClFN2O3. The minimum Gasteiger partial charge on any atom is -0.473 e. The van der Waals surface area contributed by atoms with Crippen molar-refractivity contribution in [1.82, 2.24) is 9.80 Å². The third-order valence-corrected chi connectivity index (χ3v) is 7.27. The number of ether oxygens (including phenoxy) is 1. The molecule has 1 aliphatic carbocycles. The number of benzene rings is 2. The lowest BCUT2D eigenvalue weighted by Crippen LogP contribution is -2.53. The molecule has 0 aromatic heterocycles. The molecule has 2 aromatic carbocycles. The molecular weight excluding hydrogens is 455 g/mol. The highest BCUT2D eigenvalue weighted by atomic mass is 35.5. The van der Waals surface area contributed by atoms with Gasteiger partial charge in [0.1, 0.15) is 23.2 Å². The molecule has 1 N–H and O–H groups in total. The summed E-state index contributed by atoms with van der Waals surface area (Å²) in [6, 6.07) is 13.3. The fraction of sp³-hybridized carbons (Fsp3) is 0.481. The molecule has 0 spiro atoms. The second-order valence-electron chi connectivity index (χ2n) is 9.29. The molecule has 2 fully saturated rings. The molecule has 2 unspecified atom stereocenters. The Kier molecular flexibility index (Phi) is 8.63. The van der Waals surface area contributed by atoms with Crippen LogP contribution in [0.1, 0.15) is 44.1 Å². The lowest BCUT2D eigenvalue weighted by molar-refractivity contribution is 0.0173. The van der Waals surface area contributed by atoms with E-state index in [0.29, 0.717) is 42.5 Å². The molecule has 1 saturated heterocycles. The van der Waals surface area contributed by atoms with E-state index in [2.05, 4.69) is 10.8 Å². The molecule has 0 amide bonds. The Morgan fingerprint density at radius 1 is 1.06 bits per heavy atom. The smallest absolute Gasteiger partial charge is 0.161 e. The lowest BCUT2D eigenvalue weighted by Gasteiger charge is -2.44.